The summed E-state index contributed by atoms with van der Waals surface area (Å²) in [6.07, 6.45) is 7.96. The molecule has 0 aromatic carbocycles. The zero-order chi connectivity index (χ0) is 11.7. The Labute approximate surface area is 103 Å². The van der Waals surface area contributed by atoms with Gasteiger partial charge in [0.15, 0.2) is 0 Å². The minimum absolute atomic E-state index is 0.687. The highest BCUT2D eigenvalue weighted by atomic mass is 15.2. The van der Waals surface area contributed by atoms with Gasteiger partial charge in [0.25, 0.3) is 0 Å². The van der Waals surface area contributed by atoms with Crippen LogP contribution in [0.4, 0.5) is 5.95 Å². The molecule has 1 unspecified atom stereocenters. The summed E-state index contributed by atoms with van der Waals surface area (Å²) in [7, 11) is 0. The lowest BCUT2D eigenvalue weighted by atomic mass is 10.1. The van der Waals surface area contributed by atoms with Gasteiger partial charge >= 0.3 is 0 Å². The fraction of sp³-hybridized carbons (Fsp3) is 0.769. The molecule has 2 aliphatic rings. The molecule has 4 nitrogen and oxygen atoms in total. The summed E-state index contributed by atoms with van der Waals surface area (Å²) in [5.74, 6) is 1.87. The van der Waals surface area contributed by atoms with Crippen LogP contribution in [-0.4, -0.2) is 40.1 Å². The van der Waals surface area contributed by atoms with Gasteiger partial charge in [0.1, 0.15) is 0 Å². The van der Waals surface area contributed by atoms with Crippen molar-refractivity contribution in [1.82, 2.24) is 14.5 Å². The van der Waals surface area contributed by atoms with Gasteiger partial charge in [-0.2, -0.15) is 0 Å². The van der Waals surface area contributed by atoms with Crippen LogP contribution in [0.1, 0.15) is 26.2 Å². The van der Waals surface area contributed by atoms with Crippen LogP contribution in [0.15, 0.2) is 12.4 Å². The van der Waals surface area contributed by atoms with Crippen LogP contribution in [0.25, 0.3) is 0 Å². The molecular weight excluding hydrogens is 212 g/mol. The van der Waals surface area contributed by atoms with Gasteiger partial charge in [-0.25, -0.2) is 4.98 Å². The monoisotopic (exact) mass is 234 g/mol. The molecule has 1 atom stereocenters. The molecule has 0 spiro atoms. The van der Waals surface area contributed by atoms with Gasteiger partial charge in [0, 0.05) is 31.5 Å². The van der Waals surface area contributed by atoms with E-state index in [9.17, 15) is 0 Å². The number of likely N-dealkylation sites (tertiary alicyclic amines) is 1. The normalized spacial score (nSPS) is 25.4. The van der Waals surface area contributed by atoms with Gasteiger partial charge in [-0.1, -0.05) is 6.92 Å². The first-order valence-electron chi connectivity index (χ1n) is 6.85. The lowest BCUT2D eigenvalue weighted by Crippen LogP contribution is -2.21. The highest BCUT2D eigenvalue weighted by Gasteiger charge is 2.25. The molecule has 94 valence electrons. The van der Waals surface area contributed by atoms with Crippen molar-refractivity contribution in [3.8, 4) is 0 Å². The fourth-order valence-corrected chi connectivity index (χ4v) is 2.63. The number of rotatable bonds is 5. The number of hydrogen-bond acceptors (Lipinski definition) is 3. The predicted octanol–water partition coefficient (Wildman–Crippen LogP) is 1.80. The molecule has 2 fully saturated rings. The lowest BCUT2D eigenvalue weighted by Gasteiger charge is -2.15. The first-order chi connectivity index (χ1) is 8.35. The largest absolute Gasteiger partial charge is 0.353 e. The third kappa shape index (κ3) is 2.63. The van der Waals surface area contributed by atoms with Crippen LogP contribution in [0.3, 0.4) is 0 Å². The molecular formula is C13H22N4. The second-order valence-electron chi connectivity index (χ2n) is 5.37. The summed E-state index contributed by atoms with van der Waals surface area (Å²) in [6, 6.07) is 0.687. The van der Waals surface area contributed by atoms with Gasteiger partial charge < -0.3 is 14.8 Å². The average Bonchev–Trinajstić information content (AvgIpc) is 2.87. The van der Waals surface area contributed by atoms with E-state index >= 15 is 0 Å². The van der Waals surface area contributed by atoms with Crippen LogP contribution < -0.4 is 5.32 Å². The third-order valence-corrected chi connectivity index (χ3v) is 3.90. The van der Waals surface area contributed by atoms with Crippen molar-refractivity contribution in [2.24, 2.45) is 5.92 Å². The maximum absolute atomic E-state index is 4.42. The van der Waals surface area contributed by atoms with E-state index < -0.39 is 0 Å². The quantitative estimate of drug-likeness (QED) is 0.843. The maximum atomic E-state index is 4.42. The summed E-state index contributed by atoms with van der Waals surface area (Å²) in [5.41, 5.74) is 0. The lowest BCUT2D eigenvalue weighted by molar-refractivity contribution is 0.333. The van der Waals surface area contributed by atoms with Crippen LogP contribution in [-0.2, 0) is 6.54 Å². The SMILES string of the molecule is CCN1CCC(Cn2ccnc2NC2CC2)C1. The zero-order valence-corrected chi connectivity index (χ0v) is 10.6. The predicted molar refractivity (Wildman–Crippen MR) is 69.1 cm³/mol. The Morgan fingerprint density at radius 3 is 3.00 bits per heavy atom. The van der Waals surface area contributed by atoms with Crippen molar-refractivity contribution in [1.29, 1.82) is 0 Å². The highest BCUT2D eigenvalue weighted by Crippen LogP contribution is 2.25. The molecule has 1 N–H and O–H groups in total. The zero-order valence-electron chi connectivity index (χ0n) is 10.6. The summed E-state index contributed by atoms with van der Waals surface area (Å²) < 4.78 is 2.29. The molecule has 1 saturated heterocycles. The van der Waals surface area contributed by atoms with E-state index in [0.717, 1.165) is 18.4 Å². The summed E-state index contributed by atoms with van der Waals surface area (Å²) in [4.78, 5) is 6.95. The number of nitrogens with one attached hydrogen (secondary N) is 1. The van der Waals surface area contributed by atoms with Crippen LogP contribution >= 0.6 is 0 Å². The second-order valence-corrected chi connectivity index (χ2v) is 5.37. The minimum atomic E-state index is 0.687. The first-order valence-corrected chi connectivity index (χ1v) is 6.85. The molecule has 1 aromatic heterocycles. The van der Waals surface area contributed by atoms with E-state index in [1.807, 2.05) is 6.20 Å². The second kappa shape index (κ2) is 4.69. The molecule has 2 heterocycles. The van der Waals surface area contributed by atoms with Gasteiger partial charge in [0.2, 0.25) is 5.95 Å². The highest BCUT2D eigenvalue weighted by molar-refractivity contribution is 5.29. The Kier molecular flexibility index (Phi) is 3.05. The van der Waals surface area contributed by atoms with E-state index in [4.69, 9.17) is 0 Å². The number of hydrogen-bond donors (Lipinski definition) is 1. The first kappa shape index (κ1) is 11.1. The molecule has 0 amide bonds. The van der Waals surface area contributed by atoms with Gasteiger partial charge in [0.05, 0.1) is 0 Å². The van der Waals surface area contributed by atoms with E-state index in [1.165, 1.54) is 38.9 Å². The topological polar surface area (TPSA) is 33.1 Å². The van der Waals surface area contributed by atoms with E-state index in [1.54, 1.807) is 0 Å². The van der Waals surface area contributed by atoms with Gasteiger partial charge in [-0.05, 0) is 38.3 Å². The van der Waals surface area contributed by atoms with Crippen molar-refractivity contribution in [2.45, 2.75) is 38.8 Å². The summed E-state index contributed by atoms with van der Waals surface area (Å²) in [5, 5.41) is 3.50. The van der Waals surface area contributed by atoms with Crippen LogP contribution in [0.2, 0.25) is 0 Å². The molecule has 1 aromatic rings. The maximum Gasteiger partial charge on any atom is 0.202 e. The Morgan fingerprint density at radius 1 is 1.41 bits per heavy atom. The van der Waals surface area contributed by atoms with Crippen LogP contribution in [0, 0.1) is 5.92 Å². The summed E-state index contributed by atoms with van der Waals surface area (Å²) in [6.45, 7) is 7.07. The Morgan fingerprint density at radius 2 is 2.29 bits per heavy atom. The van der Waals surface area contributed by atoms with E-state index in [0.29, 0.717) is 6.04 Å². The molecule has 1 saturated carbocycles. The Balaban J connectivity index is 1.58. The molecule has 0 radical (unpaired) electrons. The molecule has 1 aliphatic heterocycles. The number of imidazole rings is 1. The smallest absolute Gasteiger partial charge is 0.202 e. The fourth-order valence-electron chi connectivity index (χ4n) is 2.63. The van der Waals surface area contributed by atoms with Gasteiger partial charge in [-0.15, -0.1) is 0 Å². The minimum Gasteiger partial charge on any atom is -0.353 e. The molecule has 3 rings (SSSR count). The van der Waals surface area contributed by atoms with E-state index in [2.05, 4.69) is 32.9 Å². The number of anilines is 1. The number of nitrogens with zero attached hydrogens (tertiary/aromatic N) is 3. The van der Waals surface area contributed by atoms with E-state index in [-0.39, 0.29) is 0 Å². The van der Waals surface area contributed by atoms with Crippen molar-refractivity contribution in [3.05, 3.63) is 12.4 Å². The van der Waals surface area contributed by atoms with Crippen molar-refractivity contribution in [3.63, 3.8) is 0 Å². The average molecular weight is 234 g/mol. The molecule has 0 bridgehead atoms. The molecule has 1 aliphatic carbocycles. The Bertz CT molecular complexity index is 369. The standard InChI is InChI=1S/C13H22N4/c1-2-16-7-5-11(9-16)10-17-8-6-14-13(17)15-12-3-4-12/h6,8,11-12H,2-5,7,9-10H2,1H3,(H,14,15). The Hall–Kier alpha value is -1.03. The summed E-state index contributed by atoms with van der Waals surface area (Å²) >= 11 is 0. The van der Waals surface area contributed by atoms with Crippen molar-refractivity contribution in [2.75, 3.05) is 25.0 Å². The number of aromatic nitrogens is 2. The van der Waals surface area contributed by atoms with Crippen molar-refractivity contribution >= 4 is 5.95 Å². The molecule has 4 heteroatoms. The van der Waals surface area contributed by atoms with Crippen molar-refractivity contribution < 1.29 is 0 Å². The van der Waals surface area contributed by atoms with Gasteiger partial charge in [-0.3, -0.25) is 0 Å². The van der Waals surface area contributed by atoms with Crippen LogP contribution in [0.5, 0.6) is 0 Å². The molecule has 17 heavy (non-hydrogen) atoms. The third-order valence-electron chi connectivity index (χ3n) is 3.90.